The van der Waals surface area contributed by atoms with Crippen molar-refractivity contribution in [2.24, 2.45) is 0 Å². The molecule has 0 amide bonds. The molecule has 0 saturated carbocycles. The smallest absolute Gasteiger partial charge is 0.0670 e. The van der Waals surface area contributed by atoms with E-state index in [0.717, 1.165) is 28.2 Å². The molecule has 2 aromatic carbocycles. The van der Waals surface area contributed by atoms with E-state index in [2.05, 4.69) is 46.7 Å². The zero-order valence-corrected chi connectivity index (χ0v) is 11.3. The van der Waals surface area contributed by atoms with Gasteiger partial charge in [-0.3, -0.25) is 5.10 Å². The first-order valence-corrected chi connectivity index (χ1v) is 6.52. The highest BCUT2D eigenvalue weighted by Gasteiger charge is 2.01. The maximum Gasteiger partial charge on any atom is 0.0670 e. The van der Waals surface area contributed by atoms with Crippen molar-refractivity contribution in [2.45, 2.75) is 13.5 Å². The SMILES string of the molecule is Cc1cc(Cl)ccc1CNc1ccc2cn[nH]c2c1. The summed E-state index contributed by atoms with van der Waals surface area (Å²) in [6.45, 7) is 2.85. The summed E-state index contributed by atoms with van der Waals surface area (Å²) < 4.78 is 0. The Morgan fingerprint density at radius 1 is 1.21 bits per heavy atom. The molecular weight excluding hydrogens is 258 g/mol. The standard InChI is InChI=1S/C15H14ClN3/c1-10-6-13(16)4-2-11(10)8-17-14-5-3-12-9-18-19-15(12)7-14/h2-7,9,17H,8H2,1H3,(H,18,19). The molecule has 3 nitrogen and oxygen atoms in total. The van der Waals surface area contributed by atoms with Crippen LogP contribution in [0.3, 0.4) is 0 Å². The van der Waals surface area contributed by atoms with Crippen LogP contribution in [0.15, 0.2) is 42.6 Å². The van der Waals surface area contributed by atoms with Gasteiger partial charge in [-0.2, -0.15) is 5.10 Å². The first-order chi connectivity index (χ1) is 9.22. The number of aromatic amines is 1. The first-order valence-electron chi connectivity index (χ1n) is 6.14. The molecule has 2 N–H and O–H groups in total. The van der Waals surface area contributed by atoms with Gasteiger partial charge in [-0.05, 0) is 48.4 Å². The van der Waals surface area contributed by atoms with Gasteiger partial charge in [-0.1, -0.05) is 17.7 Å². The summed E-state index contributed by atoms with van der Waals surface area (Å²) in [5, 5.41) is 12.3. The van der Waals surface area contributed by atoms with Crippen LogP contribution in [0.4, 0.5) is 5.69 Å². The van der Waals surface area contributed by atoms with E-state index >= 15 is 0 Å². The topological polar surface area (TPSA) is 40.7 Å². The third kappa shape index (κ3) is 2.56. The van der Waals surface area contributed by atoms with E-state index in [1.54, 1.807) is 0 Å². The summed E-state index contributed by atoms with van der Waals surface area (Å²) in [6, 6.07) is 12.1. The lowest BCUT2D eigenvalue weighted by Gasteiger charge is -2.09. The lowest BCUT2D eigenvalue weighted by atomic mass is 10.1. The van der Waals surface area contributed by atoms with Crippen LogP contribution in [0.25, 0.3) is 10.9 Å². The molecular formula is C15H14ClN3. The van der Waals surface area contributed by atoms with Crippen LogP contribution in [0.1, 0.15) is 11.1 Å². The fraction of sp³-hybridized carbons (Fsp3) is 0.133. The molecule has 0 radical (unpaired) electrons. The summed E-state index contributed by atoms with van der Waals surface area (Å²) >= 11 is 5.96. The summed E-state index contributed by atoms with van der Waals surface area (Å²) in [5.41, 5.74) is 4.56. The Bertz CT molecular complexity index is 718. The maximum atomic E-state index is 5.96. The monoisotopic (exact) mass is 271 g/mol. The van der Waals surface area contributed by atoms with Gasteiger partial charge < -0.3 is 5.32 Å². The predicted molar refractivity (Wildman–Crippen MR) is 79.6 cm³/mol. The molecule has 4 heteroatoms. The molecule has 0 aliphatic carbocycles. The number of hydrogen-bond acceptors (Lipinski definition) is 2. The van der Waals surface area contributed by atoms with Gasteiger partial charge in [0.1, 0.15) is 0 Å². The van der Waals surface area contributed by atoms with Crippen molar-refractivity contribution in [2.75, 3.05) is 5.32 Å². The lowest BCUT2D eigenvalue weighted by Crippen LogP contribution is -2.01. The molecule has 96 valence electrons. The molecule has 0 aliphatic rings. The number of rotatable bonds is 3. The van der Waals surface area contributed by atoms with Crippen LogP contribution >= 0.6 is 11.6 Å². The van der Waals surface area contributed by atoms with Gasteiger partial charge in [0, 0.05) is 22.6 Å². The zero-order valence-electron chi connectivity index (χ0n) is 10.6. The van der Waals surface area contributed by atoms with Crippen molar-refractivity contribution in [1.82, 2.24) is 10.2 Å². The number of benzene rings is 2. The van der Waals surface area contributed by atoms with Gasteiger partial charge in [0.15, 0.2) is 0 Å². The Hall–Kier alpha value is -2.00. The molecule has 19 heavy (non-hydrogen) atoms. The fourth-order valence-corrected chi connectivity index (χ4v) is 2.33. The van der Waals surface area contributed by atoms with E-state index in [1.165, 1.54) is 11.1 Å². The van der Waals surface area contributed by atoms with E-state index < -0.39 is 0 Å². The highest BCUT2D eigenvalue weighted by atomic mass is 35.5. The summed E-state index contributed by atoms with van der Waals surface area (Å²) in [4.78, 5) is 0. The van der Waals surface area contributed by atoms with Crippen molar-refractivity contribution in [3.63, 3.8) is 0 Å². The van der Waals surface area contributed by atoms with Crippen LogP contribution < -0.4 is 5.32 Å². The van der Waals surface area contributed by atoms with Gasteiger partial charge in [0.2, 0.25) is 0 Å². The number of nitrogens with zero attached hydrogens (tertiary/aromatic N) is 1. The van der Waals surface area contributed by atoms with Crippen LogP contribution in [0.5, 0.6) is 0 Å². The van der Waals surface area contributed by atoms with Crippen molar-refractivity contribution < 1.29 is 0 Å². The molecule has 1 aromatic heterocycles. The number of aryl methyl sites for hydroxylation is 1. The second-order valence-corrected chi connectivity index (χ2v) is 5.03. The molecule has 0 saturated heterocycles. The number of H-pyrrole nitrogens is 1. The molecule has 0 aliphatic heterocycles. The van der Waals surface area contributed by atoms with E-state index in [9.17, 15) is 0 Å². The number of aromatic nitrogens is 2. The van der Waals surface area contributed by atoms with E-state index in [1.807, 2.05) is 18.3 Å². The molecule has 0 atom stereocenters. The van der Waals surface area contributed by atoms with Crippen LogP contribution in [-0.4, -0.2) is 10.2 Å². The lowest BCUT2D eigenvalue weighted by molar-refractivity contribution is 1.11. The molecule has 0 spiro atoms. The van der Waals surface area contributed by atoms with E-state index in [-0.39, 0.29) is 0 Å². The second-order valence-electron chi connectivity index (χ2n) is 4.60. The highest BCUT2D eigenvalue weighted by molar-refractivity contribution is 6.30. The fourth-order valence-electron chi connectivity index (χ4n) is 2.10. The van der Waals surface area contributed by atoms with Crippen molar-refractivity contribution >= 4 is 28.2 Å². The molecule has 3 aromatic rings. The summed E-state index contributed by atoms with van der Waals surface area (Å²) in [6.07, 6.45) is 1.82. The average Bonchev–Trinajstić information content (AvgIpc) is 2.85. The third-order valence-electron chi connectivity index (χ3n) is 3.23. The van der Waals surface area contributed by atoms with Crippen molar-refractivity contribution in [1.29, 1.82) is 0 Å². The van der Waals surface area contributed by atoms with Crippen LogP contribution in [0, 0.1) is 6.92 Å². The Morgan fingerprint density at radius 2 is 2.11 bits per heavy atom. The van der Waals surface area contributed by atoms with Crippen LogP contribution in [0.2, 0.25) is 5.02 Å². The molecule has 1 heterocycles. The van der Waals surface area contributed by atoms with Gasteiger partial charge >= 0.3 is 0 Å². The van der Waals surface area contributed by atoms with Gasteiger partial charge in [-0.25, -0.2) is 0 Å². The molecule has 3 rings (SSSR count). The van der Waals surface area contributed by atoms with Gasteiger partial charge in [0.05, 0.1) is 11.7 Å². The van der Waals surface area contributed by atoms with Crippen molar-refractivity contribution in [3.8, 4) is 0 Å². The number of nitrogens with one attached hydrogen (secondary N) is 2. The Morgan fingerprint density at radius 3 is 2.95 bits per heavy atom. The number of fused-ring (bicyclic) bond motifs is 1. The quantitative estimate of drug-likeness (QED) is 0.752. The Labute approximate surface area is 116 Å². The number of halogens is 1. The highest BCUT2D eigenvalue weighted by Crippen LogP contribution is 2.19. The Balaban J connectivity index is 1.77. The molecule has 0 bridgehead atoms. The van der Waals surface area contributed by atoms with Crippen LogP contribution in [-0.2, 0) is 6.54 Å². The summed E-state index contributed by atoms with van der Waals surface area (Å²) in [5.74, 6) is 0. The Kier molecular flexibility index (Phi) is 3.13. The normalized spacial score (nSPS) is 10.8. The third-order valence-corrected chi connectivity index (χ3v) is 3.46. The van der Waals surface area contributed by atoms with E-state index in [0.29, 0.717) is 0 Å². The second kappa shape index (κ2) is 4.94. The largest absolute Gasteiger partial charge is 0.381 e. The van der Waals surface area contributed by atoms with E-state index in [4.69, 9.17) is 11.6 Å². The maximum absolute atomic E-state index is 5.96. The minimum atomic E-state index is 0.778. The summed E-state index contributed by atoms with van der Waals surface area (Å²) in [7, 11) is 0. The number of anilines is 1. The predicted octanol–water partition coefficient (Wildman–Crippen LogP) is 4.14. The minimum absolute atomic E-state index is 0.778. The van der Waals surface area contributed by atoms with Gasteiger partial charge in [0.25, 0.3) is 0 Å². The first kappa shape index (κ1) is 12.1. The zero-order chi connectivity index (χ0) is 13.2. The minimum Gasteiger partial charge on any atom is -0.381 e. The van der Waals surface area contributed by atoms with Gasteiger partial charge in [-0.15, -0.1) is 0 Å². The average molecular weight is 272 g/mol. The van der Waals surface area contributed by atoms with Crippen molar-refractivity contribution in [3.05, 3.63) is 58.7 Å². The number of hydrogen-bond donors (Lipinski definition) is 2. The molecule has 0 unspecified atom stereocenters. The molecule has 0 fully saturated rings.